The summed E-state index contributed by atoms with van der Waals surface area (Å²) in [4.78, 5) is 26.9. The molecule has 1 saturated heterocycles. The number of halogens is 3. The first-order chi connectivity index (χ1) is 12.2. The average molecular weight is 371 g/mol. The van der Waals surface area contributed by atoms with E-state index in [0.29, 0.717) is 0 Å². The van der Waals surface area contributed by atoms with Crippen LogP contribution in [0.4, 0.5) is 13.2 Å². The van der Waals surface area contributed by atoms with Crippen molar-refractivity contribution in [2.45, 2.75) is 18.1 Å². The van der Waals surface area contributed by atoms with Crippen LogP contribution in [0.15, 0.2) is 28.8 Å². The van der Waals surface area contributed by atoms with Gasteiger partial charge in [-0.15, -0.1) is 0 Å². The van der Waals surface area contributed by atoms with Gasteiger partial charge in [0.05, 0.1) is 6.61 Å². The van der Waals surface area contributed by atoms with E-state index in [4.69, 9.17) is 4.74 Å². The van der Waals surface area contributed by atoms with E-state index in [0.717, 1.165) is 0 Å². The fraction of sp³-hybridized carbons (Fsp3) is 0.333. The first-order valence-electron chi connectivity index (χ1n) is 7.36. The van der Waals surface area contributed by atoms with Crippen LogP contribution >= 0.6 is 0 Å². The molecule has 2 heterocycles. The summed E-state index contributed by atoms with van der Waals surface area (Å²) in [6.45, 7) is 0.0696. The Kier molecular flexibility index (Phi) is 4.40. The van der Waals surface area contributed by atoms with Crippen LogP contribution in [0.5, 0.6) is 0 Å². The van der Waals surface area contributed by atoms with Crippen molar-refractivity contribution < 1.29 is 37.1 Å². The van der Waals surface area contributed by atoms with E-state index >= 15 is 0 Å². The predicted octanol–water partition coefficient (Wildman–Crippen LogP) is 1.73. The van der Waals surface area contributed by atoms with E-state index in [-0.39, 0.29) is 36.6 Å². The first-order valence-corrected chi connectivity index (χ1v) is 7.36. The maximum Gasteiger partial charge on any atom is 0.471 e. The van der Waals surface area contributed by atoms with Gasteiger partial charge in [0, 0.05) is 24.2 Å². The highest BCUT2D eigenvalue weighted by Gasteiger charge is 2.44. The molecular formula is C15H12F3N3O5. The highest BCUT2D eigenvalue weighted by atomic mass is 19.4. The van der Waals surface area contributed by atoms with E-state index < -0.39 is 29.5 Å². The van der Waals surface area contributed by atoms with Crippen molar-refractivity contribution in [3.63, 3.8) is 0 Å². The minimum Gasteiger partial charge on any atom is -0.479 e. The van der Waals surface area contributed by atoms with Crippen molar-refractivity contribution in [1.29, 1.82) is 0 Å². The number of hydrogen-bond donors (Lipinski definition) is 2. The van der Waals surface area contributed by atoms with Crippen LogP contribution in [-0.2, 0) is 15.7 Å². The molecule has 0 bridgehead atoms. The Hall–Kier alpha value is -2.95. The number of aliphatic carboxylic acids is 1. The molecule has 3 rings (SSSR count). The van der Waals surface area contributed by atoms with Crippen LogP contribution in [0.2, 0.25) is 0 Å². The number of carboxylic acids is 1. The Morgan fingerprint density at radius 1 is 1.23 bits per heavy atom. The quantitative estimate of drug-likeness (QED) is 0.841. The molecule has 0 radical (unpaired) electrons. The molecule has 1 aromatic heterocycles. The van der Waals surface area contributed by atoms with Crippen LogP contribution in [0.1, 0.15) is 22.7 Å². The number of aromatic nitrogens is 2. The van der Waals surface area contributed by atoms with Crippen molar-refractivity contribution in [3.8, 4) is 11.4 Å². The Balaban J connectivity index is 1.76. The average Bonchev–Trinajstić information content (AvgIpc) is 3.24. The van der Waals surface area contributed by atoms with E-state index in [1.807, 2.05) is 0 Å². The van der Waals surface area contributed by atoms with Crippen molar-refractivity contribution >= 4 is 11.9 Å². The Morgan fingerprint density at radius 2 is 1.92 bits per heavy atom. The molecule has 0 saturated carbocycles. The van der Waals surface area contributed by atoms with Gasteiger partial charge in [-0.2, -0.15) is 18.2 Å². The van der Waals surface area contributed by atoms with E-state index in [1.165, 1.54) is 24.3 Å². The summed E-state index contributed by atoms with van der Waals surface area (Å²) in [7, 11) is 0. The fourth-order valence-corrected chi connectivity index (χ4v) is 2.40. The van der Waals surface area contributed by atoms with Crippen LogP contribution in [0, 0.1) is 0 Å². The van der Waals surface area contributed by atoms with Gasteiger partial charge in [-0.05, 0) is 12.1 Å². The van der Waals surface area contributed by atoms with Gasteiger partial charge in [0.15, 0.2) is 5.54 Å². The molecule has 2 N–H and O–H groups in total. The molecule has 0 spiro atoms. The minimum absolute atomic E-state index is 0.126. The normalized spacial score (nSPS) is 20.1. The topological polar surface area (TPSA) is 115 Å². The van der Waals surface area contributed by atoms with Crippen LogP contribution in [-0.4, -0.2) is 45.9 Å². The number of alkyl halides is 3. The summed E-state index contributed by atoms with van der Waals surface area (Å²) in [5, 5.41) is 15.0. The maximum atomic E-state index is 12.5. The van der Waals surface area contributed by atoms with E-state index in [2.05, 4.69) is 20.0 Å². The molecule has 0 aliphatic carbocycles. The fourth-order valence-electron chi connectivity index (χ4n) is 2.40. The largest absolute Gasteiger partial charge is 0.479 e. The summed E-state index contributed by atoms with van der Waals surface area (Å²) >= 11 is 0. The summed E-state index contributed by atoms with van der Waals surface area (Å²) in [6.07, 6.45) is -4.62. The number of carbonyl (C=O) groups is 2. The Morgan fingerprint density at radius 3 is 2.42 bits per heavy atom. The first kappa shape index (κ1) is 17.9. The Labute approximate surface area is 143 Å². The zero-order valence-corrected chi connectivity index (χ0v) is 13.0. The van der Waals surface area contributed by atoms with Crippen molar-refractivity contribution in [1.82, 2.24) is 15.5 Å². The standard InChI is InChI=1S/C15H12F3N3O5/c16-15(17,18)12-19-10(21-26-12)8-1-3-9(4-2-8)11(22)20-14(13(23)24)5-6-25-7-14/h1-4H,5-7H2,(H,20,22)(H,23,24). The molecule has 1 fully saturated rings. The number of carbonyl (C=O) groups excluding carboxylic acids is 1. The number of nitrogens with zero attached hydrogens (tertiary/aromatic N) is 2. The third kappa shape index (κ3) is 3.38. The lowest BCUT2D eigenvalue weighted by Crippen LogP contribution is -2.55. The number of rotatable bonds is 4. The second-order valence-electron chi connectivity index (χ2n) is 5.64. The number of ether oxygens (including phenoxy) is 1. The van der Waals surface area contributed by atoms with Gasteiger partial charge < -0.3 is 19.7 Å². The maximum absolute atomic E-state index is 12.5. The molecule has 11 heteroatoms. The van der Waals surface area contributed by atoms with E-state index in [9.17, 15) is 27.9 Å². The SMILES string of the molecule is O=C(NC1(C(=O)O)CCOC1)c1ccc(-c2noc(C(F)(F)F)n2)cc1. The molecule has 1 atom stereocenters. The van der Waals surface area contributed by atoms with Crippen LogP contribution in [0.25, 0.3) is 11.4 Å². The zero-order valence-electron chi connectivity index (χ0n) is 13.0. The number of hydrogen-bond acceptors (Lipinski definition) is 6. The lowest BCUT2D eigenvalue weighted by atomic mass is 9.98. The number of carboxylic acid groups (broad SMARTS) is 1. The van der Waals surface area contributed by atoms with Crippen molar-refractivity contribution in [3.05, 3.63) is 35.7 Å². The Bertz CT molecular complexity index is 826. The van der Waals surface area contributed by atoms with Gasteiger partial charge in [-0.3, -0.25) is 4.79 Å². The highest BCUT2D eigenvalue weighted by molar-refractivity contribution is 5.98. The smallest absolute Gasteiger partial charge is 0.471 e. The molecule has 1 aliphatic rings. The molecule has 2 aromatic rings. The van der Waals surface area contributed by atoms with Gasteiger partial charge >= 0.3 is 18.0 Å². The third-order valence-electron chi connectivity index (χ3n) is 3.86. The minimum atomic E-state index is -4.75. The molecule has 1 aromatic carbocycles. The number of benzene rings is 1. The molecule has 8 nitrogen and oxygen atoms in total. The zero-order chi connectivity index (χ0) is 18.9. The predicted molar refractivity (Wildman–Crippen MR) is 78.0 cm³/mol. The van der Waals surface area contributed by atoms with Crippen LogP contribution < -0.4 is 5.32 Å². The second kappa shape index (κ2) is 6.41. The number of amides is 1. The number of nitrogens with one attached hydrogen (secondary N) is 1. The molecule has 1 unspecified atom stereocenters. The van der Waals surface area contributed by atoms with Gasteiger partial charge in [0.1, 0.15) is 0 Å². The summed E-state index contributed by atoms with van der Waals surface area (Å²) in [5.74, 6) is -3.60. The lowest BCUT2D eigenvalue weighted by Gasteiger charge is -2.23. The summed E-state index contributed by atoms with van der Waals surface area (Å²) < 4.78 is 46.6. The molecule has 1 amide bonds. The van der Waals surface area contributed by atoms with Crippen LogP contribution in [0.3, 0.4) is 0 Å². The van der Waals surface area contributed by atoms with Crippen molar-refractivity contribution in [2.24, 2.45) is 0 Å². The third-order valence-corrected chi connectivity index (χ3v) is 3.86. The summed E-state index contributed by atoms with van der Waals surface area (Å²) in [6, 6.07) is 5.30. The second-order valence-corrected chi connectivity index (χ2v) is 5.64. The van der Waals surface area contributed by atoms with Crippen molar-refractivity contribution in [2.75, 3.05) is 13.2 Å². The molecule has 1 aliphatic heterocycles. The van der Waals surface area contributed by atoms with Gasteiger partial charge in [-0.1, -0.05) is 17.3 Å². The van der Waals surface area contributed by atoms with E-state index in [1.54, 1.807) is 0 Å². The highest BCUT2D eigenvalue weighted by Crippen LogP contribution is 2.29. The molecule has 26 heavy (non-hydrogen) atoms. The lowest BCUT2D eigenvalue weighted by molar-refractivity contribution is -0.159. The molecular weight excluding hydrogens is 359 g/mol. The van der Waals surface area contributed by atoms with Gasteiger partial charge in [-0.25, -0.2) is 4.79 Å². The van der Waals surface area contributed by atoms with Gasteiger partial charge in [0.25, 0.3) is 5.91 Å². The summed E-state index contributed by atoms with van der Waals surface area (Å²) in [5.41, 5.74) is -1.16. The monoisotopic (exact) mass is 371 g/mol. The van der Waals surface area contributed by atoms with Gasteiger partial charge in [0.2, 0.25) is 5.82 Å². The molecule has 138 valence electrons.